The third kappa shape index (κ3) is 2.91. The molecule has 4 nitrogen and oxygen atoms in total. The number of hydrogen-bond donors (Lipinski definition) is 0. The number of hydrogen-bond acceptors (Lipinski definition) is 4. The van der Waals surface area contributed by atoms with E-state index in [0.717, 1.165) is 43.6 Å². The second kappa shape index (κ2) is 7.00. The molecule has 0 saturated heterocycles. The lowest BCUT2D eigenvalue weighted by atomic mass is 10.1. The molecular weight excluding hydrogens is 344 g/mol. The smallest absolute Gasteiger partial charge is 0.0709 e. The van der Waals surface area contributed by atoms with Crippen LogP contribution < -0.4 is 0 Å². The van der Waals surface area contributed by atoms with Gasteiger partial charge in [0.05, 0.1) is 22.1 Å². The lowest BCUT2D eigenvalue weighted by Crippen LogP contribution is -1.81. The zero-order chi connectivity index (χ0) is 18.8. The molecule has 0 radical (unpaired) electrons. The van der Waals surface area contributed by atoms with Crippen molar-refractivity contribution in [3.63, 3.8) is 0 Å². The van der Waals surface area contributed by atoms with Crippen molar-refractivity contribution < 1.29 is 0 Å². The summed E-state index contributed by atoms with van der Waals surface area (Å²) in [6.45, 7) is 0. The second-order valence-corrected chi connectivity index (χ2v) is 6.41. The number of nitrogens with zero attached hydrogens (tertiary/aromatic N) is 4. The molecule has 0 bridgehead atoms. The molecule has 0 saturated carbocycles. The minimum Gasteiger partial charge on any atom is -0.256 e. The third-order valence-corrected chi connectivity index (χ3v) is 4.73. The van der Waals surface area contributed by atoms with Crippen molar-refractivity contribution in [2.75, 3.05) is 0 Å². The van der Waals surface area contributed by atoms with Crippen molar-refractivity contribution in [2.24, 2.45) is 0 Å². The van der Waals surface area contributed by atoms with E-state index in [1.165, 1.54) is 0 Å². The topological polar surface area (TPSA) is 51.6 Å². The van der Waals surface area contributed by atoms with E-state index in [1.54, 1.807) is 0 Å². The van der Waals surface area contributed by atoms with Crippen molar-refractivity contribution in [3.8, 4) is 0 Å². The molecule has 132 valence electrons. The molecule has 0 aliphatic rings. The van der Waals surface area contributed by atoms with E-state index in [-0.39, 0.29) is 0 Å². The fraction of sp³-hybridized carbons (Fsp3) is 0. The van der Waals surface area contributed by atoms with Gasteiger partial charge in [0.2, 0.25) is 0 Å². The summed E-state index contributed by atoms with van der Waals surface area (Å²) in [5.74, 6) is 0. The van der Waals surface area contributed by atoms with Crippen LogP contribution in [0.1, 0.15) is 0 Å². The van der Waals surface area contributed by atoms with Crippen LogP contribution in [-0.4, -0.2) is 19.9 Å². The van der Waals surface area contributed by atoms with Gasteiger partial charge in [-0.1, -0.05) is 24.3 Å². The first-order valence-corrected chi connectivity index (χ1v) is 9.07. The average Bonchev–Trinajstić information content (AvgIpc) is 2.79. The fourth-order valence-corrected chi connectivity index (χ4v) is 3.43. The predicted octanol–water partition coefficient (Wildman–Crippen LogP) is 5.57. The Morgan fingerprint density at radius 1 is 0.321 bits per heavy atom. The van der Waals surface area contributed by atoms with Gasteiger partial charge in [0, 0.05) is 46.3 Å². The van der Waals surface area contributed by atoms with Crippen LogP contribution in [0.5, 0.6) is 0 Å². The minimum absolute atomic E-state index is 1.02. The highest BCUT2D eigenvalue weighted by atomic mass is 14.7. The molecule has 6 rings (SSSR count). The molecule has 4 aromatic heterocycles. The zero-order valence-corrected chi connectivity index (χ0v) is 15.0. The molecule has 0 spiro atoms. The van der Waals surface area contributed by atoms with Crippen LogP contribution in [0.25, 0.3) is 43.6 Å². The van der Waals surface area contributed by atoms with Crippen LogP contribution in [0.15, 0.2) is 97.6 Å². The average molecular weight is 360 g/mol. The maximum absolute atomic E-state index is 4.30. The van der Waals surface area contributed by atoms with Crippen LogP contribution in [-0.2, 0) is 0 Å². The summed E-state index contributed by atoms with van der Waals surface area (Å²) in [6, 6.07) is 24.1. The van der Waals surface area contributed by atoms with Crippen molar-refractivity contribution >= 4 is 43.6 Å². The highest BCUT2D eigenvalue weighted by molar-refractivity contribution is 6.05. The highest BCUT2D eigenvalue weighted by Crippen LogP contribution is 2.22. The molecule has 2 aromatic carbocycles. The quantitative estimate of drug-likeness (QED) is 0.333. The van der Waals surface area contributed by atoms with E-state index in [9.17, 15) is 0 Å². The van der Waals surface area contributed by atoms with E-state index in [2.05, 4.69) is 44.2 Å². The van der Waals surface area contributed by atoms with Gasteiger partial charge in [-0.2, -0.15) is 0 Å². The first-order valence-electron chi connectivity index (χ1n) is 9.07. The van der Waals surface area contributed by atoms with Gasteiger partial charge in [-0.15, -0.1) is 0 Å². The van der Waals surface area contributed by atoms with Gasteiger partial charge in [-0.05, 0) is 48.5 Å². The summed E-state index contributed by atoms with van der Waals surface area (Å²) < 4.78 is 0. The normalized spacial score (nSPS) is 10.9. The molecule has 0 aliphatic heterocycles. The summed E-state index contributed by atoms with van der Waals surface area (Å²) in [5.41, 5.74) is 4.09. The van der Waals surface area contributed by atoms with E-state index in [4.69, 9.17) is 0 Å². The number of pyridine rings is 4. The van der Waals surface area contributed by atoms with Gasteiger partial charge in [0.15, 0.2) is 0 Å². The van der Waals surface area contributed by atoms with Gasteiger partial charge >= 0.3 is 0 Å². The Balaban J connectivity index is 0.000000122. The molecule has 4 heteroatoms. The molecule has 0 fully saturated rings. The van der Waals surface area contributed by atoms with Crippen LogP contribution in [0.2, 0.25) is 0 Å². The Bertz CT molecular complexity index is 1210. The Hall–Kier alpha value is -3.92. The summed E-state index contributed by atoms with van der Waals surface area (Å²) in [7, 11) is 0. The van der Waals surface area contributed by atoms with Crippen LogP contribution >= 0.6 is 0 Å². The van der Waals surface area contributed by atoms with Gasteiger partial charge < -0.3 is 0 Å². The first-order chi connectivity index (χ1) is 13.9. The number of rotatable bonds is 0. The molecule has 0 atom stereocenters. The minimum atomic E-state index is 1.02. The van der Waals surface area contributed by atoms with Crippen LogP contribution in [0.4, 0.5) is 0 Å². The standard InChI is InChI=1S/2C12H8N2/c2*1-3-9-10-4-2-8-14-12(10)6-5-11(9)13-7-1/h2*1-8H. The molecule has 28 heavy (non-hydrogen) atoms. The molecule has 4 heterocycles. The summed E-state index contributed by atoms with van der Waals surface area (Å²) in [5, 5.41) is 4.66. The van der Waals surface area contributed by atoms with Crippen molar-refractivity contribution in [3.05, 3.63) is 97.6 Å². The second-order valence-electron chi connectivity index (χ2n) is 6.41. The third-order valence-electron chi connectivity index (χ3n) is 4.73. The van der Waals surface area contributed by atoms with Gasteiger partial charge in [-0.25, -0.2) is 0 Å². The lowest BCUT2D eigenvalue weighted by molar-refractivity contribution is 1.39. The number of fused-ring (bicyclic) bond motifs is 6. The molecular formula is C24H16N4. The van der Waals surface area contributed by atoms with Crippen molar-refractivity contribution in [1.29, 1.82) is 0 Å². The molecule has 0 aliphatic carbocycles. The zero-order valence-electron chi connectivity index (χ0n) is 15.0. The molecule has 0 amide bonds. The summed E-state index contributed by atoms with van der Waals surface area (Å²) >= 11 is 0. The molecule has 0 unspecified atom stereocenters. The number of aromatic nitrogens is 4. The maximum Gasteiger partial charge on any atom is 0.0709 e. The lowest BCUT2D eigenvalue weighted by Gasteiger charge is -2.00. The summed E-state index contributed by atoms with van der Waals surface area (Å²) in [4.78, 5) is 17.2. The first kappa shape index (κ1) is 16.3. The Labute approximate surface area is 161 Å². The fourth-order valence-electron chi connectivity index (χ4n) is 3.43. The van der Waals surface area contributed by atoms with Crippen LogP contribution in [0.3, 0.4) is 0 Å². The Kier molecular flexibility index (Phi) is 4.07. The highest BCUT2D eigenvalue weighted by Gasteiger charge is 2.00. The van der Waals surface area contributed by atoms with Gasteiger partial charge in [0.1, 0.15) is 0 Å². The van der Waals surface area contributed by atoms with Gasteiger partial charge in [0.25, 0.3) is 0 Å². The summed E-state index contributed by atoms with van der Waals surface area (Å²) in [6.07, 6.45) is 7.24. The van der Waals surface area contributed by atoms with Crippen molar-refractivity contribution in [1.82, 2.24) is 19.9 Å². The van der Waals surface area contributed by atoms with Crippen molar-refractivity contribution in [2.45, 2.75) is 0 Å². The number of benzene rings is 2. The van der Waals surface area contributed by atoms with E-state index >= 15 is 0 Å². The van der Waals surface area contributed by atoms with E-state index in [1.807, 2.05) is 73.3 Å². The molecule has 0 N–H and O–H groups in total. The Morgan fingerprint density at radius 3 is 0.821 bits per heavy atom. The van der Waals surface area contributed by atoms with E-state index < -0.39 is 0 Å². The van der Waals surface area contributed by atoms with E-state index in [0.29, 0.717) is 0 Å². The maximum atomic E-state index is 4.30. The SMILES string of the molecule is c1cnc2ccc3ncccc3c2c1.c1cnc2ccc3ncccc3c2c1. The molecule has 6 aromatic rings. The monoisotopic (exact) mass is 360 g/mol. The van der Waals surface area contributed by atoms with Gasteiger partial charge in [-0.3, -0.25) is 19.9 Å². The predicted molar refractivity (Wildman–Crippen MR) is 114 cm³/mol. The Morgan fingerprint density at radius 2 is 0.571 bits per heavy atom. The van der Waals surface area contributed by atoms with Crippen LogP contribution in [0, 0.1) is 0 Å². The largest absolute Gasteiger partial charge is 0.256 e.